The molecule has 0 radical (unpaired) electrons. The summed E-state index contributed by atoms with van der Waals surface area (Å²) in [6.07, 6.45) is 3.46. The third kappa shape index (κ3) is 2.38. The SMILES string of the molecule is NC(=O)c1ccc2c(c1)C1C(=O)c3cc4c(cc3C(=O)C1CC2)C(=O)C=CC4=O. The molecule has 5 rings (SSSR count). The highest BCUT2D eigenvalue weighted by molar-refractivity contribution is 6.26. The van der Waals surface area contributed by atoms with E-state index < -0.39 is 17.7 Å². The monoisotopic (exact) mass is 385 g/mol. The van der Waals surface area contributed by atoms with Crippen LogP contribution in [0, 0.1) is 5.92 Å². The molecule has 3 aliphatic carbocycles. The lowest BCUT2D eigenvalue weighted by Gasteiger charge is -2.36. The lowest BCUT2D eigenvalue weighted by Crippen LogP contribution is -2.39. The average molecular weight is 385 g/mol. The molecule has 6 nitrogen and oxygen atoms in total. The number of aryl methyl sites for hydroxylation is 1. The summed E-state index contributed by atoms with van der Waals surface area (Å²) in [5.74, 6) is -3.10. The summed E-state index contributed by atoms with van der Waals surface area (Å²) in [5.41, 5.74) is 7.87. The van der Waals surface area contributed by atoms with Crippen LogP contribution in [0.1, 0.15) is 75.3 Å². The van der Waals surface area contributed by atoms with Crippen molar-refractivity contribution in [2.24, 2.45) is 11.7 Å². The van der Waals surface area contributed by atoms with Gasteiger partial charge in [0.25, 0.3) is 0 Å². The van der Waals surface area contributed by atoms with E-state index in [2.05, 4.69) is 0 Å². The quantitative estimate of drug-likeness (QED) is 0.810. The number of benzene rings is 2. The molecular weight excluding hydrogens is 370 g/mol. The molecule has 0 saturated carbocycles. The Hall–Kier alpha value is -3.67. The summed E-state index contributed by atoms with van der Waals surface area (Å²) >= 11 is 0. The number of fused-ring (bicyclic) bond motifs is 5. The highest BCUT2D eigenvalue weighted by Gasteiger charge is 2.45. The van der Waals surface area contributed by atoms with Crippen molar-refractivity contribution in [2.45, 2.75) is 18.8 Å². The van der Waals surface area contributed by atoms with Crippen LogP contribution in [0.25, 0.3) is 0 Å². The number of hydrogen-bond acceptors (Lipinski definition) is 5. The van der Waals surface area contributed by atoms with Crippen LogP contribution >= 0.6 is 0 Å². The summed E-state index contributed by atoms with van der Waals surface area (Å²) in [7, 11) is 0. The van der Waals surface area contributed by atoms with Crippen molar-refractivity contribution in [1.29, 1.82) is 0 Å². The molecule has 0 aromatic heterocycles. The van der Waals surface area contributed by atoms with Crippen LogP contribution in [0.15, 0.2) is 42.5 Å². The normalized spacial score (nSPS) is 21.9. The minimum absolute atomic E-state index is 0.137. The average Bonchev–Trinajstić information content (AvgIpc) is 2.72. The summed E-state index contributed by atoms with van der Waals surface area (Å²) in [6, 6.07) is 7.76. The molecule has 0 fully saturated rings. The fourth-order valence-corrected chi connectivity index (χ4v) is 4.68. The van der Waals surface area contributed by atoms with E-state index in [1.165, 1.54) is 24.3 Å². The predicted molar refractivity (Wildman–Crippen MR) is 102 cm³/mol. The molecule has 0 spiro atoms. The Bertz CT molecular complexity index is 1220. The second-order valence-electron chi connectivity index (χ2n) is 7.63. The van der Waals surface area contributed by atoms with Crippen molar-refractivity contribution < 1.29 is 24.0 Å². The standard InChI is InChI=1S/C23H15NO5/c24-23(29)11-2-1-10-3-4-12-20(13(10)7-11)22(28)17-9-15-14(8-16(17)21(12)27)18(25)5-6-19(15)26/h1-2,5-9,12,20H,3-4H2,(H2,24,29). The summed E-state index contributed by atoms with van der Waals surface area (Å²) in [4.78, 5) is 62.7. The molecule has 0 saturated heterocycles. The number of primary amides is 1. The molecule has 0 aliphatic heterocycles. The first kappa shape index (κ1) is 17.4. The Morgan fingerprint density at radius 2 is 1.45 bits per heavy atom. The smallest absolute Gasteiger partial charge is 0.248 e. The molecule has 2 aromatic carbocycles. The van der Waals surface area contributed by atoms with E-state index in [4.69, 9.17) is 5.73 Å². The highest BCUT2D eigenvalue weighted by atomic mass is 16.2. The Kier molecular flexibility index (Phi) is 3.55. The van der Waals surface area contributed by atoms with Crippen LogP contribution in [-0.2, 0) is 6.42 Å². The third-order valence-electron chi connectivity index (χ3n) is 6.12. The third-order valence-corrected chi connectivity index (χ3v) is 6.12. The van der Waals surface area contributed by atoms with Gasteiger partial charge in [0.05, 0.1) is 5.92 Å². The molecular formula is C23H15NO5. The van der Waals surface area contributed by atoms with E-state index in [1.807, 2.05) is 0 Å². The maximum atomic E-state index is 13.4. The fraction of sp³-hybridized carbons (Fsp3) is 0.174. The lowest BCUT2D eigenvalue weighted by molar-refractivity contribution is 0.0774. The van der Waals surface area contributed by atoms with Gasteiger partial charge in [-0.15, -0.1) is 0 Å². The van der Waals surface area contributed by atoms with Gasteiger partial charge in [0.2, 0.25) is 5.91 Å². The number of hydrogen-bond donors (Lipinski definition) is 1. The van der Waals surface area contributed by atoms with Gasteiger partial charge in [0.15, 0.2) is 23.1 Å². The Morgan fingerprint density at radius 3 is 2.07 bits per heavy atom. The number of rotatable bonds is 1. The zero-order chi connectivity index (χ0) is 20.4. The first-order valence-electron chi connectivity index (χ1n) is 9.32. The second-order valence-corrected chi connectivity index (χ2v) is 7.63. The van der Waals surface area contributed by atoms with Gasteiger partial charge in [-0.3, -0.25) is 24.0 Å². The maximum absolute atomic E-state index is 13.4. The van der Waals surface area contributed by atoms with E-state index in [9.17, 15) is 24.0 Å². The number of ketones is 4. The number of nitrogens with two attached hydrogens (primary N) is 1. The largest absolute Gasteiger partial charge is 0.366 e. The minimum Gasteiger partial charge on any atom is -0.366 e. The van der Waals surface area contributed by atoms with Gasteiger partial charge in [-0.1, -0.05) is 6.07 Å². The zero-order valence-corrected chi connectivity index (χ0v) is 15.2. The van der Waals surface area contributed by atoms with Gasteiger partial charge >= 0.3 is 0 Å². The summed E-state index contributed by atoms with van der Waals surface area (Å²) in [5, 5.41) is 0. The molecule has 2 unspecified atom stereocenters. The van der Waals surface area contributed by atoms with Crippen molar-refractivity contribution in [3.8, 4) is 0 Å². The molecule has 0 bridgehead atoms. The molecule has 1 amide bonds. The van der Waals surface area contributed by atoms with Crippen LogP contribution in [-0.4, -0.2) is 29.0 Å². The Balaban J connectivity index is 1.71. The molecule has 142 valence electrons. The van der Waals surface area contributed by atoms with Crippen LogP contribution in [0.3, 0.4) is 0 Å². The molecule has 2 aromatic rings. The van der Waals surface area contributed by atoms with Crippen LogP contribution in [0.2, 0.25) is 0 Å². The van der Waals surface area contributed by atoms with Crippen LogP contribution < -0.4 is 5.73 Å². The van der Waals surface area contributed by atoms with Crippen molar-refractivity contribution >= 4 is 29.0 Å². The van der Waals surface area contributed by atoms with Crippen molar-refractivity contribution in [3.63, 3.8) is 0 Å². The Labute approximate surface area is 165 Å². The number of carbonyl (C=O) groups excluding carboxylic acids is 5. The topological polar surface area (TPSA) is 111 Å². The predicted octanol–water partition coefficient (Wildman–Crippen LogP) is 2.45. The highest BCUT2D eigenvalue weighted by Crippen LogP contribution is 2.45. The van der Waals surface area contributed by atoms with E-state index in [1.54, 1.807) is 18.2 Å². The van der Waals surface area contributed by atoms with Gasteiger partial charge in [0, 0.05) is 33.7 Å². The fourth-order valence-electron chi connectivity index (χ4n) is 4.68. The lowest BCUT2D eigenvalue weighted by atomic mass is 9.64. The number of carbonyl (C=O) groups is 5. The molecule has 0 heterocycles. The molecule has 6 heteroatoms. The molecule has 3 aliphatic rings. The van der Waals surface area contributed by atoms with Gasteiger partial charge < -0.3 is 5.73 Å². The number of Topliss-reactive ketones (excluding diaryl/α,β-unsaturated/α-hetero) is 2. The Morgan fingerprint density at radius 1 is 0.828 bits per heavy atom. The van der Waals surface area contributed by atoms with E-state index in [-0.39, 0.29) is 51.0 Å². The van der Waals surface area contributed by atoms with Gasteiger partial charge in [-0.2, -0.15) is 0 Å². The van der Waals surface area contributed by atoms with Crippen molar-refractivity contribution in [2.75, 3.05) is 0 Å². The molecule has 2 N–H and O–H groups in total. The molecule has 29 heavy (non-hydrogen) atoms. The van der Waals surface area contributed by atoms with Gasteiger partial charge in [-0.05, 0) is 60.4 Å². The van der Waals surface area contributed by atoms with Crippen molar-refractivity contribution in [1.82, 2.24) is 0 Å². The van der Waals surface area contributed by atoms with Crippen LogP contribution in [0.4, 0.5) is 0 Å². The van der Waals surface area contributed by atoms with Crippen LogP contribution in [0.5, 0.6) is 0 Å². The van der Waals surface area contributed by atoms with Gasteiger partial charge in [-0.25, -0.2) is 0 Å². The minimum atomic E-state index is -0.721. The van der Waals surface area contributed by atoms with Gasteiger partial charge in [0.1, 0.15) is 0 Å². The zero-order valence-electron chi connectivity index (χ0n) is 15.2. The summed E-state index contributed by atoms with van der Waals surface area (Å²) in [6.45, 7) is 0. The van der Waals surface area contributed by atoms with E-state index >= 15 is 0 Å². The second kappa shape index (κ2) is 5.91. The first-order valence-corrected chi connectivity index (χ1v) is 9.32. The summed E-state index contributed by atoms with van der Waals surface area (Å²) < 4.78 is 0. The van der Waals surface area contributed by atoms with E-state index in [0.717, 1.165) is 5.56 Å². The first-order chi connectivity index (χ1) is 13.9. The molecule has 2 atom stereocenters. The number of allylic oxidation sites excluding steroid dienone is 2. The maximum Gasteiger partial charge on any atom is 0.248 e. The number of amides is 1. The van der Waals surface area contributed by atoms with Crippen molar-refractivity contribution in [3.05, 3.63) is 81.4 Å². The van der Waals surface area contributed by atoms with E-state index in [0.29, 0.717) is 18.4 Å².